The molecule has 1 aromatic carbocycles. The van der Waals surface area contributed by atoms with Crippen LogP contribution in [0.3, 0.4) is 0 Å². The zero-order valence-corrected chi connectivity index (χ0v) is 13.3. The van der Waals surface area contributed by atoms with Gasteiger partial charge in [0.05, 0.1) is 14.2 Å². The molecule has 1 aliphatic rings. The SMILES string of the molecule is COc1cc(OC)cc(C(C(=O)O)N2CC=C(C(F)(F)F)CC2)c1. The van der Waals surface area contributed by atoms with E-state index < -0.39 is 23.8 Å². The van der Waals surface area contributed by atoms with Gasteiger partial charge in [-0.25, -0.2) is 0 Å². The third kappa shape index (κ3) is 4.00. The van der Waals surface area contributed by atoms with Crippen LogP contribution in [0.25, 0.3) is 0 Å². The Labute approximate surface area is 137 Å². The zero-order chi connectivity index (χ0) is 17.9. The highest BCUT2D eigenvalue weighted by molar-refractivity contribution is 5.76. The van der Waals surface area contributed by atoms with E-state index in [4.69, 9.17) is 9.47 Å². The van der Waals surface area contributed by atoms with Gasteiger partial charge in [0.15, 0.2) is 0 Å². The number of ether oxygens (including phenoxy) is 2. The van der Waals surface area contributed by atoms with Crippen molar-refractivity contribution in [2.24, 2.45) is 0 Å². The summed E-state index contributed by atoms with van der Waals surface area (Å²) in [5.74, 6) is -0.313. The first kappa shape index (κ1) is 18.1. The molecule has 0 fully saturated rings. The van der Waals surface area contributed by atoms with Crippen LogP contribution in [0.2, 0.25) is 0 Å². The van der Waals surface area contributed by atoms with Crippen LogP contribution < -0.4 is 9.47 Å². The van der Waals surface area contributed by atoms with E-state index in [1.807, 2.05) is 0 Å². The van der Waals surface area contributed by atoms with E-state index in [1.165, 1.54) is 19.1 Å². The van der Waals surface area contributed by atoms with E-state index in [1.54, 1.807) is 18.2 Å². The van der Waals surface area contributed by atoms with Gasteiger partial charge in [-0.3, -0.25) is 9.69 Å². The lowest BCUT2D eigenvalue weighted by Crippen LogP contribution is -2.38. The smallest absolute Gasteiger partial charge is 0.412 e. The summed E-state index contributed by atoms with van der Waals surface area (Å²) in [4.78, 5) is 13.2. The Hall–Kier alpha value is -2.22. The van der Waals surface area contributed by atoms with Gasteiger partial charge in [-0.2, -0.15) is 13.2 Å². The van der Waals surface area contributed by atoms with Crippen molar-refractivity contribution in [3.8, 4) is 11.5 Å². The fourth-order valence-electron chi connectivity index (χ4n) is 2.67. The van der Waals surface area contributed by atoms with E-state index in [0.29, 0.717) is 17.1 Å². The van der Waals surface area contributed by atoms with Crippen molar-refractivity contribution in [3.05, 3.63) is 35.4 Å². The summed E-state index contributed by atoms with van der Waals surface area (Å²) in [7, 11) is 2.88. The fraction of sp³-hybridized carbons (Fsp3) is 0.438. The van der Waals surface area contributed by atoms with E-state index in [-0.39, 0.29) is 19.5 Å². The number of carbonyl (C=O) groups is 1. The molecular weight excluding hydrogens is 327 g/mol. The lowest BCUT2D eigenvalue weighted by atomic mass is 10.0. The Morgan fingerprint density at radius 3 is 2.17 bits per heavy atom. The van der Waals surface area contributed by atoms with E-state index in [2.05, 4.69) is 0 Å². The number of methoxy groups -OCH3 is 2. The Kier molecular flexibility index (Phi) is 5.38. The summed E-state index contributed by atoms with van der Waals surface area (Å²) in [6.07, 6.45) is -3.57. The summed E-state index contributed by atoms with van der Waals surface area (Å²) in [6.45, 7) is -0.0901. The van der Waals surface area contributed by atoms with Crippen LogP contribution in [0.5, 0.6) is 11.5 Å². The summed E-state index contributed by atoms with van der Waals surface area (Å²) < 4.78 is 48.4. The monoisotopic (exact) mass is 345 g/mol. The first-order valence-electron chi connectivity index (χ1n) is 7.22. The van der Waals surface area contributed by atoms with Crippen molar-refractivity contribution in [2.45, 2.75) is 18.6 Å². The molecule has 0 radical (unpaired) electrons. The van der Waals surface area contributed by atoms with E-state index in [0.717, 1.165) is 6.08 Å². The second-order valence-corrected chi connectivity index (χ2v) is 5.36. The minimum atomic E-state index is -4.37. The maximum atomic E-state index is 12.7. The topological polar surface area (TPSA) is 59.0 Å². The molecule has 0 saturated carbocycles. The zero-order valence-electron chi connectivity index (χ0n) is 13.3. The standard InChI is InChI=1S/C16H18F3NO4/c1-23-12-7-10(8-13(9-12)24-2)14(15(21)22)20-5-3-11(4-6-20)16(17,18)19/h3,7-9,14H,4-6H2,1-2H3,(H,21,22). The molecule has 0 spiro atoms. The predicted molar refractivity (Wildman–Crippen MR) is 80.3 cm³/mol. The number of rotatable bonds is 5. The van der Waals surface area contributed by atoms with Crippen molar-refractivity contribution in [2.75, 3.05) is 27.3 Å². The number of benzene rings is 1. The first-order valence-corrected chi connectivity index (χ1v) is 7.22. The number of hydrogen-bond acceptors (Lipinski definition) is 4. The van der Waals surface area contributed by atoms with Gasteiger partial charge in [0.25, 0.3) is 0 Å². The Morgan fingerprint density at radius 2 is 1.79 bits per heavy atom. The lowest BCUT2D eigenvalue weighted by Gasteiger charge is -2.32. The molecule has 24 heavy (non-hydrogen) atoms. The molecule has 1 N–H and O–H groups in total. The van der Waals surface area contributed by atoms with Gasteiger partial charge in [-0.05, 0) is 24.1 Å². The molecule has 0 aliphatic carbocycles. The maximum absolute atomic E-state index is 12.7. The third-order valence-electron chi connectivity index (χ3n) is 3.89. The molecule has 2 rings (SSSR count). The fourth-order valence-corrected chi connectivity index (χ4v) is 2.67. The molecule has 1 atom stereocenters. The largest absolute Gasteiger partial charge is 0.497 e. The number of nitrogens with zero attached hydrogens (tertiary/aromatic N) is 1. The second-order valence-electron chi connectivity index (χ2n) is 5.36. The molecule has 8 heteroatoms. The molecule has 1 aromatic rings. The molecule has 1 aliphatic heterocycles. The van der Waals surface area contributed by atoms with Gasteiger partial charge in [-0.15, -0.1) is 0 Å². The molecule has 5 nitrogen and oxygen atoms in total. The highest BCUT2D eigenvalue weighted by atomic mass is 19.4. The van der Waals surface area contributed by atoms with Gasteiger partial charge < -0.3 is 14.6 Å². The van der Waals surface area contributed by atoms with Crippen molar-refractivity contribution >= 4 is 5.97 Å². The average molecular weight is 345 g/mol. The van der Waals surface area contributed by atoms with Crippen molar-refractivity contribution in [1.29, 1.82) is 0 Å². The summed E-state index contributed by atoms with van der Waals surface area (Å²) in [5, 5.41) is 9.57. The number of aliphatic carboxylic acids is 1. The van der Waals surface area contributed by atoms with Crippen LogP contribution >= 0.6 is 0 Å². The van der Waals surface area contributed by atoms with E-state index >= 15 is 0 Å². The van der Waals surface area contributed by atoms with Crippen LogP contribution in [0, 0.1) is 0 Å². The van der Waals surface area contributed by atoms with Crippen LogP contribution in [-0.4, -0.2) is 49.5 Å². The van der Waals surface area contributed by atoms with Crippen LogP contribution in [0.15, 0.2) is 29.8 Å². The van der Waals surface area contributed by atoms with Crippen LogP contribution in [0.1, 0.15) is 18.0 Å². The normalized spacial score (nSPS) is 17.1. The van der Waals surface area contributed by atoms with Crippen LogP contribution in [-0.2, 0) is 4.79 Å². The van der Waals surface area contributed by atoms with Crippen molar-refractivity contribution in [3.63, 3.8) is 0 Å². The number of alkyl halides is 3. The lowest BCUT2D eigenvalue weighted by molar-refractivity contribution is -0.143. The minimum absolute atomic E-state index is 0.00182. The average Bonchev–Trinajstić information content (AvgIpc) is 2.54. The minimum Gasteiger partial charge on any atom is -0.497 e. The Balaban J connectivity index is 2.32. The van der Waals surface area contributed by atoms with Gasteiger partial charge in [0.1, 0.15) is 17.5 Å². The molecule has 1 unspecified atom stereocenters. The number of carboxylic acids is 1. The summed E-state index contributed by atoms with van der Waals surface area (Å²) >= 11 is 0. The van der Waals surface area contributed by atoms with Gasteiger partial charge in [0, 0.05) is 24.7 Å². The number of hydrogen-bond donors (Lipinski definition) is 1. The predicted octanol–water partition coefficient (Wildman–Crippen LogP) is 3.02. The third-order valence-corrected chi connectivity index (χ3v) is 3.89. The van der Waals surface area contributed by atoms with Crippen molar-refractivity contribution < 1.29 is 32.5 Å². The van der Waals surface area contributed by atoms with Gasteiger partial charge >= 0.3 is 12.1 Å². The number of halogens is 3. The first-order chi connectivity index (χ1) is 11.3. The van der Waals surface area contributed by atoms with Gasteiger partial charge in [-0.1, -0.05) is 6.08 Å². The quantitative estimate of drug-likeness (QED) is 0.832. The highest BCUT2D eigenvalue weighted by Crippen LogP contribution is 2.34. The summed E-state index contributed by atoms with van der Waals surface area (Å²) in [6, 6.07) is 3.61. The molecule has 1 heterocycles. The van der Waals surface area contributed by atoms with E-state index in [9.17, 15) is 23.1 Å². The van der Waals surface area contributed by atoms with Crippen molar-refractivity contribution in [1.82, 2.24) is 4.90 Å². The van der Waals surface area contributed by atoms with Crippen LogP contribution in [0.4, 0.5) is 13.2 Å². The Morgan fingerprint density at radius 1 is 1.21 bits per heavy atom. The highest BCUT2D eigenvalue weighted by Gasteiger charge is 2.37. The molecule has 132 valence electrons. The molecule has 0 bridgehead atoms. The second kappa shape index (κ2) is 7.12. The summed E-state index contributed by atoms with van der Waals surface area (Å²) in [5.41, 5.74) is -0.228. The Bertz CT molecular complexity index is 620. The number of carboxylic acid groups (broad SMARTS) is 1. The molecule has 0 saturated heterocycles. The molecule has 0 aromatic heterocycles. The molecule has 0 amide bonds. The molecular formula is C16H18F3NO4. The maximum Gasteiger partial charge on any atom is 0.412 e. The van der Waals surface area contributed by atoms with Gasteiger partial charge in [0.2, 0.25) is 0 Å².